The van der Waals surface area contributed by atoms with Crippen molar-refractivity contribution in [3.05, 3.63) is 12.3 Å². The molecule has 0 spiro atoms. The molecule has 0 radical (unpaired) electrons. The fourth-order valence-corrected chi connectivity index (χ4v) is 0.932. The van der Waals surface area contributed by atoms with Crippen LogP contribution in [-0.4, -0.2) is 41.4 Å². The predicted octanol–water partition coefficient (Wildman–Crippen LogP) is 0.441. The van der Waals surface area contributed by atoms with Gasteiger partial charge >= 0.3 is 0 Å². The van der Waals surface area contributed by atoms with Crippen LogP contribution in [0.15, 0.2) is 12.3 Å². The minimum Gasteiger partial charge on any atom is -0.394 e. The lowest BCUT2D eigenvalue weighted by atomic mass is 10.1. The molecule has 0 amide bonds. The van der Waals surface area contributed by atoms with E-state index in [1.54, 1.807) is 0 Å². The van der Waals surface area contributed by atoms with E-state index in [2.05, 4.69) is 6.58 Å². The number of aliphatic hydroxyl groups is 2. The average molecular weight is 173 g/mol. The second kappa shape index (κ2) is 5.17. The van der Waals surface area contributed by atoms with Crippen LogP contribution in [-0.2, 0) is 0 Å². The second-order valence-electron chi connectivity index (χ2n) is 3.36. The van der Waals surface area contributed by atoms with Crippen molar-refractivity contribution in [2.24, 2.45) is 5.92 Å². The van der Waals surface area contributed by atoms with Gasteiger partial charge in [0, 0.05) is 19.3 Å². The Balaban J connectivity index is 3.86. The van der Waals surface area contributed by atoms with Gasteiger partial charge in [-0.1, -0.05) is 20.4 Å². The minimum atomic E-state index is -0.675. The third kappa shape index (κ3) is 3.74. The van der Waals surface area contributed by atoms with Crippen LogP contribution in [0, 0.1) is 5.92 Å². The first-order valence-corrected chi connectivity index (χ1v) is 4.17. The summed E-state index contributed by atoms with van der Waals surface area (Å²) in [7, 11) is 1.86. The van der Waals surface area contributed by atoms with Crippen molar-refractivity contribution in [1.82, 2.24) is 4.90 Å². The Morgan fingerprint density at radius 2 is 2.00 bits per heavy atom. The van der Waals surface area contributed by atoms with Gasteiger partial charge in [0.1, 0.15) is 0 Å². The first kappa shape index (κ1) is 11.5. The molecule has 0 rings (SSSR count). The fourth-order valence-electron chi connectivity index (χ4n) is 0.932. The summed E-state index contributed by atoms with van der Waals surface area (Å²) in [6.07, 6.45) is -0.675. The van der Waals surface area contributed by atoms with Gasteiger partial charge in [-0.3, -0.25) is 0 Å². The fraction of sp³-hybridized carbons (Fsp3) is 0.778. The summed E-state index contributed by atoms with van der Waals surface area (Å²) in [5.41, 5.74) is 0.975. The molecular weight excluding hydrogens is 154 g/mol. The van der Waals surface area contributed by atoms with E-state index in [0.29, 0.717) is 12.5 Å². The van der Waals surface area contributed by atoms with Crippen LogP contribution in [0.25, 0.3) is 0 Å². The Bertz CT molecular complexity index is 145. The number of hydrogen-bond acceptors (Lipinski definition) is 3. The molecule has 0 saturated carbocycles. The molecule has 0 aliphatic carbocycles. The highest BCUT2D eigenvalue weighted by atomic mass is 16.3. The van der Waals surface area contributed by atoms with E-state index < -0.39 is 6.10 Å². The van der Waals surface area contributed by atoms with Gasteiger partial charge < -0.3 is 15.1 Å². The summed E-state index contributed by atoms with van der Waals surface area (Å²) in [5.74, 6) is 0.376. The molecule has 0 aromatic carbocycles. The van der Waals surface area contributed by atoms with Crippen molar-refractivity contribution in [1.29, 1.82) is 0 Å². The molecule has 0 heterocycles. The van der Waals surface area contributed by atoms with E-state index >= 15 is 0 Å². The maximum atomic E-state index is 9.13. The van der Waals surface area contributed by atoms with Gasteiger partial charge in [-0.25, -0.2) is 0 Å². The Kier molecular flexibility index (Phi) is 4.93. The van der Waals surface area contributed by atoms with E-state index in [-0.39, 0.29) is 6.61 Å². The third-order valence-electron chi connectivity index (χ3n) is 1.85. The molecule has 2 N–H and O–H groups in total. The highest BCUT2D eigenvalue weighted by molar-refractivity contribution is 4.95. The summed E-state index contributed by atoms with van der Waals surface area (Å²) in [6.45, 7) is 8.21. The summed E-state index contributed by atoms with van der Waals surface area (Å²) in [5, 5.41) is 17.7. The maximum Gasteiger partial charge on any atom is 0.0945 e. The molecule has 0 aliphatic rings. The van der Waals surface area contributed by atoms with Crippen LogP contribution >= 0.6 is 0 Å². The Morgan fingerprint density at radius 1 is 1.50 bits per heavy atom. The van der Waals surface area contributed by atoms with Gasteiger partial charge in [-0.15, -0.1) is 0 Å². The van der Waals surface area contributed by atoms with Gasteiger partial charge in [0.15, 0.2) is 0 Å². The number of aliphatic hydroxyl groups excluding tert-OH is 2. The zero-order valence-electron chi connectivity index (χ0n) is 8.12. The lowest BCUT2D eigenvalue weighted by molar-refractivity contribution is 0.0725. The summed E-state index contributed by atoms with van der Waals surface area (Å²) in [4.78, 5) is 1.87. The smallest absolute Gasteiger partial charge is 0.0945 e. The molecule has 0 aromatic heterocycles. The molecule has 0 aliphatic heterocycles. The van der Waals surface area contributed by atoms with Crippen molar-refractivity contribution < 1.29 is 10.2 Å². The maximum absolute atomic E-state index is 9.13. The molecule has 0 bridgehead atoms. The molecular formula is C9H19NO2. The largest absolute Gasteiger partial charge is 0.394 e. The molecule has 0 aromatic rings. The van der Waals surface area contributed by atoms with E-state index in [0.717, 1.165) is 5.70 Å². The third-order valence-corrected chi connectivity index (χ3v) is 1.85. The normalized spacial score (nSPS) is 13.2. The predicted molar refractivity (Wildman–Crippen MR) is 49.7 cm³/mol. The van der Waals surface area contributed by atoms with Gasteiger partial charge in [0.05, 0.1) is 12.7 Å². The summed E-state index contributed by atoms with van der Waals surface area (Å²) in [6, 6.07) is 0. The van der Waals surface area contributed by atoms with Gasteiger partial charge in [0.2, 0.25) is 0 Å². The van der Waals surface area contributed by atoms with Crippen molar-refractivity contribution in [2.45, 2.75) is 20.0 Å². The Labute approximate surface area is 74.3 Å². The number of allylic oxidation sites excluding steroid dienone is 1. The number of nitrogens with zero attached hydrogens (tertiary/aromatic N) is 1. The van der Waals surface area contributed by atoms with Crippen molar-refractivity contribution >= 4 is 0 Å². The SMILES string of the molecule is C=C(C(C)C)N(C)CC(O)CO. The van der Waals surface area contributed by atoms with Gasteiger partial charge in [-0.05, 0) is 5.92 Å². The topological polar surface area (TPSA) is 43.7 Å². The molecule has 0 saturated heterocycles. The van der Waals surface area contributed by atoms with Crippen LogP contribution in [0.4, 0.5) is 0 Å². The van der Waals surface area contributed by atoms with Crippen molar-refractivity contribution in [2.75, 3.05) is 20.2 Å². The molecule has 3 nitrogen and oxygen atoms in total. The molecule has 0 fully saturated rings. The highest BCUT2D eigenvalue weighted by Crippen LogP contribution is 2.10. The zero-order valence-corrected chi connectivity index (χ0v) is 8.12. The van der Waals surface area contributed by atoms with Crippen LogP contribution < -0.4 is 0 Å². The standard InChI is InChI=1S/C9H19NO2/c1-7(2)8(3)10(4)5-9(12)6-11/h7,9,11-12H,3,5-6H2,1-2,4H3. The quantitative estimate of drug-likeness (QED) is 0.634. The Hall–Kier alpha value is -0.540. The van der Waals surface area contributed by atoms with Crippen LogP contribution in [0.2, 0.25) is 0 Å². The number of hydrogen-bond donors (Lipinski definition) is 2. The van der Waals surface area contributed by atoms with Crippen LogP contribution in [0.1, 0.15) is 13.8 Å². The van der Waals surface area contributed by atoms with Crippen molar-refractivity contribution in [3.63, 3.8) is 0 Å². The minimum absolute atomic E-state index is 0.199. The molecule has 1 atom stereocenters. The molecule has 72 valence electrons. The first-order valence-electron chi connectivity index (χ1n) is 4.17. The summed E-state index contributed by atoms with van der Waals surface area (Å²) >= 11 is 0. The lowest BCUT2D eigenvalue weighted by Crippen LogP contribution is -2.31. The summed E-state index contributed by atoms with van der Waals surface area (Å²) < 4.78 is 0. The lowest BCUT2D eigenvalue weighted by Gasteiger charge is -2.26. The van der Waals surface area contributed by atoms with Crippen LogP contribution in [0.3, 0.4) is 0 Å². The monoisotopic (exact) mass is 173 g/mol. The van der Waals surface area contributed by atoms with Gasteiger partial charge in [0.25, 0.3) is 0 Å². The van der Waals surface area contributed by atoms with E-state index in [1.165, 1.54) is 0 Å². The van der Waals surface area contributed by atoms with E-state index in [9.17, 15) is 0 Å². The van der Waals surface area contributed by atoms with Gasteiger partial charge in [-0.2, -0.15) is 0 Å². The molecule has 12 heavy (non-hydrogen) atoms. The Morgan fingerprint density at radius 3 is 2.33 bits per heavy atom. The zero-order chi connectivity index (χ0) is 9.72. The number of likely N-dealkylation sites (N-methyl/N-ethyl adjacent to an activating group) is 1. The van der Waals surface area contributed by atoms with Crippen molar-refractivity contribution in [3.8, 4) is 0 Å². The number of rotatable bonds is 5. The molecule has 3 heteroatoms. The first-order chi connectivity index (χ1) is 5.49. The average Bonchev–Trinajstić information content (AvgIpc) is 2.02. The molecule has 1 unspecified atom stereocenters. The highest BCUT2D eigenvalue weighted by Gasteiger charge is 2.10. The van der Waals surface area contributed by atoms with E-state index in [1.807, 2.05) is 25.8 Å². The van der Waals surface area contributed by atoms with E-state index in [4.69, 9.17) is 10.2 Å². The second-order valence-corrected chi connectivity index (χ2v) is 3.36. The van der Waals surface area contributed by atoms with Crippen LogP contribution in [0.5, 0.6) is 0 Å².